The van der Waals surface area contributed by atoms with Crippen LogP contribution in [0.5, 0.6) is 5.75 Å². The number of carboxylic acids is 1. The summed E-state index contributed by atoms with van der Waals surface area (Å²) in [7, 11) is 1.45. The van der Waals surface area contributed by atoms with Crippen LogP contribution in [0.4, 0.5) is 5.69 Å². The Balaban J connectivity index is 2.00. The maximum Gasteiger partial charge on any atom is 0.341 e. The van der Waals surface area contributed by atoms with E-state index < -0.39 is 17.0 Å². The van der Waals surface area contributed by atoms with Crippen LogP contribution in [0.2, 0.25) is 0 Å². The quantitative estimate of drug-likeness (QED) is 0.723. The number of rotatable bonds is 5. The highest BCUT2D eigenvalue weighted by Gasteiger charge is 2.16. The van der Waals surface area contributed by atoms with Crippen molar-refractivity contribution in [2.75, 3.05) is 12.4 Å². The summed E-state index contributed by atoms with van der Waals surface area (Å²) in [5, 5.41) is 12.3. The molecular formula is C20H18N2O5. The van der Waals surface area contributed by atoms with Crippen LogP contribution in [0.15, 0.2) is 53.5 Å². The number of aryl methyl sites for hydroxylation is 1. The molecule has 0 aliphatic heterocycles. The van der Waals surface area contributed by atoms with Crippen LogP contribution in [0.1, 0.15) is 15.9 Å². The molecule has 0 saturated carbocycles. The van der Waals surface area contributed by atoms with Crippen LogP contribution >= 0.6 is 0 Å². The summed E-state index contributed by atoms with van der Waals surface area (Å²) in [5.74, 6) is -1.26. The normalized spacial score (nSPS) is 10.6. The second-order valence-electron chi connectivity index (χ2n) is 6.10. The van der Waals surface area contributed by atoms with Gasteiger partial charge in [0.1, 0.15) is 17.9 Å². The standard InChI is InChI=1S/C20H18N2O5/c1-12-3-5-13(6-4-12)21-18(23)11-22-10-16(20(25)26)19(24)15-9-14(27-2)7-8-17(15)22/h3-10H,11H2,1-2H3,(H,21,23)(H,25,26). The summed E-state index contributed by atoms with van der Waals surface area (Å²) in [6.45, 7) is 1.80. The number of ether oxygens (including phenoxy) is 1. The first-order chi connectivity index (χ1) is 12.9. The van der Waals surface area contributed by atoms with E-state index in [1.165, 1.54) is 23.9 Å². The van der Waals surface area contributed by atoms with Gasteiger partial charge >= 0.3 is 5.97 Å². The zero-order valence-electron chi connectivity index (χ0n) is 14.9. The van der Waals surface area contributed by atoms with Crippen LogP contribution < -0.4 is 15.5 Å². The minimum absolute atomic E-state index is 0.142. The minimum Gasteiger partial charge on any atom is -0.497 e. The maximum absolute atomic E-state index is 12.4. The molecule has 2 N–H and O–H groups in total. The molecule has 1 heterocycles. The Hall–Kier alpha value is -3.61. The molecule has 0 aliphatic rings. The first kappa shape index (κ1) is 18.2. The number of nitrogens with one attached hydrogen (secondary N) is 1. The van der Waals surface area contributed by atoms with Gasteiger partial charge in [-0.15, -0.1) is 0 Å². The lowest BCUT2D eigenvalue weighted by molar-refractivity contribution is -0.116. The number of amides is 1. The Kier molecular flexibility index (Phi) is 4.94. The number of nitrogens with zero attached hydrogens (tertiary/aromatic N) is 1. The molecule has 0 aliphatic carbocycles. The number of pyridine rings is 1. The van der Waals surface area contributed by atoms with E-state index in [1.54, 1.807) is 24.3 Å². The molecule has 27 heavy (non-hydrogen) atoms. The fourth-order valence-corrected chi connectivity index (χ4v) is 2.78. The number of carboxylic acid groups (broad SMARTS) is 1. The van der Waals surface area contributed by atoms with Gasteiger partial charge in [-0.25, -0.2) is 4.79 Å². The molecule has 138 valence electrons. The number of hydrogen-bond donors (Lipinski definition) is 2. The number of carbonyl (C=O) groups excluding carboxylic acids is 1. The highest BCUT2D eigenvalue weighted by molar-refractivity contribution is 5.95. The number of aromatic carboxylic acids is 1. The Morgan fingerprint density at radius 2 is 1.85 bits per heavy atom. The third-order valence-electron chi connectivity index (χ3n) is 4.17. The SMILES string of the molecule is COc1ccc2c(c1)c(=O)c(C(=O)O)cn2CC(=O)Nc1ccc(C)cc1. The van der Waals surface area contributed by atoms with Crippen LogP contribution in [0.3, 0.4) is 0 Å². The van der Waals surface area contributed by atoms with Gasteiger partial charge in [-0.3, -0.25) is 9.59 Å². The average molecular weight is 366 g/mol. The lowest BCUT2D eigenvalue weighted by atomic mass is 10.1. The van der Waals surface area contributed by atoms with Gasteiger partial charge in [0.2, 0.25) is 11.3 Å². The van der Waals surface area contributed by atoms with E-state index in [2.05, 4.69) is 5.32 Å². The minimum atomic E-state index is -1.35. The summed E-state index contributed by atoms with van der Waals surface area (Å²) in [6.07, 6.45) is 1.19. The van der Waals surface area contributed by atoms with Crippen molar-refractivity contribution in [3.8, 4) is 5.75 Å². The fraction of sp³-hybridized carbons (Fsp3) is 0.150. The summed E-state index contributed by atoms with van der Waals surface area (Å²) < 4.78 is 6.56. The van der Waals surface area contributed by atoms with Crippen LogP contribution in [-0.2, 0) is 11.3 Å². The van der Waals surface area contributed by atoms with Gasteiger partial charge in [-0.1, -0.05) is 17.7 Å². The highest BCUT2D eigenvalue weighted by atomic mass is 16.5. The van der Waals surface area contributed by atoms with Crippen molar-refractivity contribution >= 4 is 28.5 Å². The van der Waals surface area contributed by atoms with E-state index in [4.69, 9.17) is 4.74 Å². The molecule has 7 nitrogen and oxygen atoms in total. The molecule has 0 saturated heterocycles. The predicted octanol–water partition coefficient (Wildman–Crippen LogP) is 2.66. The second kappa shape index (κ2) is 7.33. The number of aromatic nitrogens is 1. The van der Waals surface area contributed by atoms with E-state index >= 15 is 0 Å². The summed E-state index contributed by atoms with van der Waals surface area (Å²) in [4.78, 5) is 36.3. The van der Waals surface area contributed by atoms with Gasteiger partial charge in [-0.2, -0.15) is 0 Å². The molecule has 0 bridgehead atoms. The first-order valence-electron chi connectivity index (χ1n) is 8.20. The van der Waals surface area contributed by atoms with Crippen molar-refractivity contribution in [3.63, 3.8) is 0 Å². The smallest absolute Gasteiger partial charge is 0.341 e. The van der Waals surface area contributed by atoms with E-state index in [1.807, 2.05) is 19.1 Å². The lowest BCUT2D eigenvalue weighted by Crippen LogP contribution is -2.23. The van der Waals surface area contributed by atoms with Crippen molar-refractivity contribution in [2.24, 2.45) is 0 Å². The third-order valence-corrected chi connectivity index (χ3v) is 4.17. The number of hydrogen-bond acceptors (Lipinski definition) is 4. The molecular weight excluding hydrogens is 348 g/mol. The predicted molar refractivity (Wildman–Crippen MR) is 102 cm³/mol. The fourth-order valence-electron chi connectivity index (χ4n) is 2.78. The van der Waals surface area contributed by atoms with Crippen LogP contribution in [0.25, 0.3) is 10.9 Å². The maximum atomic E-state index is 12.4. The summed E-state index contributed by atoms with van der Waals surface area (Å²) in [6, 6.07) is 12.1. The molecule has 0 atom stereocenters. The van der Waals surface area contributed by atoms with Crippen LogP contribution in [-0.4, -0.2) is 28.7 Å². The number of methoxy groups -OCH3 is 1. The largest absolute Gasteiger partial charge is 0.497 e. The molecule has 2 aromatic carbocycles. The van der Waals surface area contributed by atoms with Crippen LogP contribution in [0, 0.1) is 6.92 Å². The molecule has 0 radical (unpaired) electrons. The van der Waals surface area contributed by atoms with E-state index in [-0.39, 0.29) is 17.8 Å². The zero-order chi connectivity index (χ0) is 19.6. The number of benzene rings is 2. The Bertz CT molecular complexity index is 1080. The molecule has 0 fully saturated rings. The van der Waals surface area contributed by atoms with Crippen molar-refractivity contribution < 1.29 is 19.4 Å². The van der Waals surface area contributed by atoms with Gasteiger partial charge in [0, 0.05) is 11.9 Å². The monoisotopic (exact) mass is 366 g/mol. The molecule has 0 unspecified atom stereocenters. The Morgan fingerprint density at radius 3 is 2.48 bits per heavy atom. The summed E-state index contributed by atoms with van der Waals surface area (Å²) in [5.41, 5.74) is 1.13. The molecule has 3 rings (SSSR count). The third kappa shape index (κ3) is 3.82. The Morgan fingerprint density at radius 1 is 1.15 bits per heavy atom. The molecule has 1 aromatic heterocycles. The zero-order valence-corrected chi connectivity index (χ0v) is 14.9. The first-order valence-corrected chi connectivity index (χ1v) is 8.20. The van der Waals surface area contributed by atoms with Gasteiger partial charge in [0.15, 0.2) is 0 Å². The topological polar surface area (TPSA) is 97.6 Å². The Labute approximate surface area is 154 Å². The number of carbonyl (C=O) groups is 2. The number of fused-ring (bicyclic) bond motifs is 1. The highest BCUT2D eigenvalue weighted by Crippen LogP contribution is 2.19. The molecule has 0 spiro atoms. The average Bonchev–Trinajstić information content (AvgIpc) is 2.65. The van der Waals surface area contributed by atoms with Gasteiger partial charge in [0.25, 0.3) is 0 Å². The van der Waals surface area contributed by atoms with Crippen molar-refractivity contribution in [1.29, 1.82) is 0 Å². The second-order valence-corrected chi connectivity index (χ2v) is 6.10. The van der Waals surface area contributed by atoms with E-state index in [0.717, 1.165) is 5.56 Å². The molecule has 3 aromatic rings. The number of anilines is 1. The van der Waals surface area contributed by atoms with E-state index in [0.29, 0.717) is 17.0 Å². The van der Waals surface area contributed by atoms with Gasteiger partial charge < -0.3 is 19.7 Å². The lowest BCUT2D eigenvalue weighted by Gasteiger charge is -2.13. The molecule has 1 amide bonds. The molecule has 7 heteroatoms. The van der Waals surface area contributed by atoms with E-state index in [9.17, 15) is 19.5 Å². The van der Waals surface area contributed by atoms with Gasteiger partial charge in [0.05, 0.1) is 18.0 Å². The van der Waals surface area contributed by atoms with Crippen molar-refractivity contribution in [1.82, 2.24) is 4.57 Å². The van der Waals surface area contributed by atoms with Gasteiger partial charge in [-0.05, 0) is 37.3 Å². The summed E-state index contributed by atoms with van der Waals surface area (Å²) >= 11 is 0. The van der Waals surface area contributed by atoms with Crippen molar-refractivity contribution in [2.45, 2.75) is 13.5 Å². The van der Waals surface area contributed by atoms with Crippen molar-refractivity contribution in [3.05, 3.63) is 70.0 Å².